The SMILES string of the molecule is COc1cccc(C(=O)Oc2ccc(C=NNC(=O)CNC(=O)c3ccccc3Br)cc2OC)c1. The molecule has 0 unspecified atom stereocenters. The first-order valence-electron chi connectivity index (χ1n) is 10.3. The molecule has 3 aromatic carbocycles. The highest BCUT2D eigenvalue weighted by atomic mass is 79.9. The lowest BCUT2D eigenvalue weighted by molar-refractivity contribution is -0.120. The molecule has 9 nitrogen and oxygen atoms in total. The van der Waals surface area contributed by atoms with Crippen molar-refractivity contribution in [1.29, 1.82) is 0 Å². The number of rotatable bonds is 9. The van der Waals surface area contributed by atoms with Gasteiger partial charge in [0.2, 0.25) is 0 Å². The number of carbonyl (C=O) groups excluding carboxylic acids is 3. The number of amides is 2. The molecular formula is C25H22BrN3O6. The number of hydrogen-bond donors (Lipinski definition) is 2. The number of benzene rings is 3. The van der Waals surface area contributed by atoms with E-state index in [-0.39, 0.29) is 18.2 Å². The average molecular weight is 540 g/mol. The minimum Gasteiger partial charge on any atom is -0.497 e. The van der Waals surface area contributed by atoms with E-state index < -0.39 is 11.9 Å². The molecule has 0 fully saturated rings. The monoisotopic (exact) mass is 539 g/mol. The molecule has 35 heavy (non-hydrogen) atoms. The van der Waals surface area contributed by atoms with Crippen LogP contribution in [0.5, 0.6) is 17.2 Å². The number of nitrogens with zero attached hydrogens (tertiary/aromatic N) is 1. The Morgan fingerprint density at radius 1 is 0.943 bits per heavy atom. The molecule has 0 saturated heterocycles. The summed E-state index contributed by atoms with van der Waals surface area (Å²) >= 11 is 3.29. The number of ether oxygens (including phenoxy) is 3. The Hall–Kier alpha value is -4.18. The van der Waals surface area contributed by atoms with Crippen LogP contribution in [0.3, 0.4) is 0 Å². The maximum Gasteiger partial charge on any atom is 0.343 e. The summed E-state index contributed by atoms with van der Waals surface area (Å²) in [6.45, 7) is -0.250. The summed E-state index contributed by atoms with van der Waals surface area (Å²) in [7, 11) is 2.95. The molecular weight excluding hydrogens is 518 g/mol. The summed E-state index contributed by atoms with van der Waals surface area (Å²) in [4.78, 5) is 36.6. The van der Waals surface area contributed by atoms with Crippen molar-refractivity contribution < 1.29 is 28.6 Å². The van der Waals surface area contributed by atoms with Gasteiger partial charge < -0.3 is 19.5 Å². The van der Waals surface area contributed by atoms with E-state index in [0.717, 1.165) is 0 Å². The van der Waals surface area contributed by atoms with Gasteiger partial charge in [-0.15, -0.1) is 0 Å². The molecule has 2 amide bonds. The van der Waals surface area contributed by atoms with E-state index in [1.165, 1.54) is 20.4 Å². The van der Waals surface area contributed by atoms with Crippen molar-refractivity contribution in [3.8, 4) is 17.2 Å². The van der Waals surface area contributed by atoms with Crippen LogP contribution in [0.2, 0.25) is 0 Å². The van der Waals surface area contributed by atoms with Gasteiger partial charge in [0, 0.05) is 4.47 Å². The molecule has 0 aliphatic heterocycles. The molecule has 180 valence electrons. The van der Waals surface area contributed by atoms with Crippen LogP contribution < -0.4 is 25.0 Å². The third kappa shape index (κ3) is 7.15. The fourth-order valence-electron chi connectivity index (χ4n) is 2.88. The van der Waals surface area contributed by atoms with Gasteiger partial charge in [0.15, 0.2) is 11.5 Å². The number of carbonyl (C=O) groups is 3. The van der Waals surface area contributed by atoms with Crippen LogP contribution in [0, 0.1) is 0 Å². The predicted molar refractivity (Wildman–Crippen MR) is 133 cm³/mol. The summed E-state index contributed by atoms with van der Waals surface area (Å²) in [5.74, 6) is -0.403. The van der Waals surface area contributed by atoms with Crippen molar-refractivity contribution in [1.82, 2.24) is 10.7 Å². The molecule has 10 heteroatoms. The third-order valence-corrected chi connectivity index (χ3v) is 5.32. The minimum atomic E-state index is -0.569. The van der Waals surface area contributed by atoms with Crippen molar-refractivity contribution in [3.05, 3.63) is 87.9 Å². The van der Waals surface area contributed by atoms with Crippen LogP contribution >= 0.6 is 15.9 Å². The molecule has 3 rings (SSSR count). The standard InChI is InChI=1S/C25H22BrN3O6/c1-33-18-7-5-6-17(13-18)25(32)35-21-11-10-16(12-22(21)34-2)14-28-29-23(30)15-27-24(31)19-8-3-4-9-20(19)26/h3-14H,15H2,1-2H3,(H,27,31)(H,29,30). The zero-order chi connectivity index (χ0) is 25.2. The maximum atomic E-state index is 12.5. The Kier molecular flexibility index (Phi) is 8.96. The van der Waals surface area contributed by atoms with E-state index in [4.69, 9.17) is 14.2 Å². The first-order valence-corrected chi connectivity index (χ1v) is 11.1. The summed E-state index contributed by atoms with van der Waals surface area (Å²) in [6.07, 6.45) is 1.39. The van der Waals surface area contributed by atoms with Gasteiger partial charge in [0.1, 0.15) is 5.75 Å². The van der Waals surface area contributed by atoms with Gasteiger partial charge in [-0.05, 0) is 70.0 Å². The van der Waals surface area contributed by atoms with Gasteiger partial charge in [-0.1, -0.05) is 18.2 Å². The molecule has 0 atom stereocenters. The summed E-state index contributed by atoms with van der Waals surface area (Å²) in [5, 5.41) is 6.40. The second kappa shape index (κ2) is 12.3. The molecule has 0 aliphatic rings. The fourth-order valence-corrected chi connectivity index (χ4v) is 3.34. The first-order chi connectivity index (χ1) is 16.9. The highest BCUT2D eigenvalue weighted by Gasteiger charge is 2.14. The third-order valence-electron chi connectivity index (χ3n) is 4.63. The van der Waals surface area contributed by atoms with Crippen LogP contribution in [0.25, 0.3) is 0 Å². The molecule has 0 aromatic heterocycles. The van der Waals surface area contributed by atoms with Gasteiger partial charge in [-0.25, -0.2) is 10.2 Å². The molecule has 0 spiro atoms. The van der Waals surface area contributed by atoms with Gasteiger partial charge in [0.05, 0.1) is 38.1 Å². The molecule has 0 radical (unpaired) electrons. The van der Waals surface area contributed by atoms with Crippen LogP contribution in [0.15, 0.2) is 76.3 Å². The Bertz CT molecular complexity index is 1260. The van der Waals surface area contributed by atoms with E-state index in [1.807, 2.05) is 0 Å². The van der Waals surface area contributed by atoms with Gasteiger partial charge in [-0.3, -0.25) is 9.59 Å². The van der Waals surface area contributed by atoms with Crippen molar-refractivity contribution >= 4 is 39.9 Å². The molecule has 0 bridgehead atoms. The number of esters is 1. The summed E-state index contributed by atoms with van der Waals surface area (Å²) < 4.78 is 16.5. The number of nitrogens with one attached hydrogen (secondary N) is 2. The maximum absolute atomic E-state index is 12.5. The number of hydrazone groups is 1. The van der Waals surface area contributed by atoms with E-state index >= 15 is 0 Å². The molecule has 0 aliphatic carbocycles. The molecule has 3 aromatic rings. The average Bonchev–Trinajstić information content (AvgIpc) is 2.88. The topological polar surface area (TPSA) is 115 Å². The van der Waals surface area contributed by atoms with Gasteiger partial charge in [-0.2, -0.15) is 5.10 Å². The number of halogens is 1. The second-order valence-electron chi connectivity index (χ2n) is 6.99. The number of methoxy groups -OCH3 is 2. The van der Waals surface area contributed by atoms with E-state index in [2.05, 4.69) is 31.8 Å². The minimum absolute atomic E-state index is 0.219. The van der Waals surface area contributed by atoms with E-state index in [9.17, 15) is 14.4 Å². The molecule has 0 heterocycles. The normalized spacial score (nSPS) is 10.5. The van der Waals surface area contributed by atoms with Crippen LogP contribution in [-0.2, 0) is 4.79 Å². The Morgan fingerprint density at radius 3 is 2.49 bits per heavy atom. The van der Waals surface area contributed by atoms with Crippen molar-refractivity contribution in [3.63, 3.8) is 0 Å². The number of hydrogen-bond acceptors (Lipinski definition) is 7. The van der Waals surface area contributed by atoms with Crippen molar-refractivity contribution in [2.45, 2.75) is 0 Å². The Labute approximate surface area is 210 Å². The van der Waals surface area contributed by atoms with Crippen molar-refractivity contribution in [2.24, 2.45) is 5.10 Å². The van der Waals surface area contributed by atoms with Crippen LogP contribution in [0.1, 0.15) is 26.3 Å². The summed E-state index contributed by atoms with van der Waals surface area (Å²) in [5.41, 5.74) is 3.66. The first kappa shape index (κ1) is 25.4. The molecule has 2 N–H and O–H groups in total. The fraction of sp³-hybridized carbons (Fsp3) is 0.120. The highest BCUT2D eigenvalue weighted by molar-refractivity contribution is 9.10. The lowest BCUT2D eigenvalue weighted by Gasteiger charge is -2.10. The lowest BCUT2D eigenvalue weighted by atomic mass is 10.2. The highest BCUT2D eigenvalue weighted by Crippen LogP contribution is 2.28. The lowest BCUT2D eigenvalue weighted by Crippen LogP contribution is -2.35. The Balaban J connectivity index is 1.56. The van der Waals surface area contributed by atoms with Gasteiger partial charge in [0.25, 0.3) is 11.8 Å². The zero-order valence-electron chi connectivity index (χ0n) is 18.9. The summed E-state index contributed by atoms with van der Waals surface area (Å²) in [6, 6.07) is 18.3. The molecule has 0 saturated carbocycles. The van der Waals surface area contributed by atoms with Crippen LogP contribution in [-0.4, -0.2) is 44.8 Å². The zero-order valence-corrected chi connectivity index (χ0v) is 20.5. The van der Waals surface area contributed by atoms with Crippen molar-refractivity contribution in [2.75, 3.05) is 20.8 Å². The van der Waals surface area contributed by atoms with E-state index in [1.54, 1.807) is 66.7 Å². The largest absolute Gasteiger partial charge is 0.497 e. The van der Waals surface area contributed by atoms with E-state index in [0.29, 0.717) is 32.7 Å². The second-order valence-corrected chi connectivity index (χ2v) is 7.84. The quantitative estimate of drug-likeness (QED) is 0.186. The predicted octanol–water partition coefficient (Wildman–Crippen LogP) is 3.57. The smallest absolute Gasteiger partial charge is 0.343 e. The van der Waals surface area contributed by atoms with Crippen LogP contribution in [0.4, 0.5) is 0 Å². The Morgan fingerprint density at radius 2 is 1.74 bits per heavy atom. The van der Waals surface area contributed by atoms with Gasteiger partial charge >= 0.3 is 5.97 Å².